The van der Waals surface area contributed by atoms with Crippen LogP contribution in [0.4, 0.5) is 5.82 Å². The summed E-state index contributed by atoms with van der Waals surface area (Å²) in [5.74, 6) is 0.943. The summed E-state index contributed by atoms with van der Waals surface area (Å²) < 4.78 is 2.64. The summed E-state index contributed by atoms with van der Waals surface area (Å²) in [6.45, 7) is 4.72. The molecule has 0 saturated carbocycles. The lowest BCUT2D eigenvalue weighted by Gasteiger charge is -2.08. The zero-order valence-corrected chi connectivity index (χ0v) is 12.2. The van der Waals surface area contributed by atoms with Crippen molar-refractivity contribution in [1.29, 1.82) is 0 Å². The highest BCUT2D eigenvalue weighted by molar-refractivity contribution is 7.14. The molecule has 0 spiro atoms. The van der Waals surface area contributed by atoms with Crippen molar-refractivity contribution in [1.82, 2.24) is 14.6 Å². The minimum atomic E-state index is 0.723. The Bertz CT molecular complexity index is 731. The van der Waals surface area contributed by atoms with Crippen molar-refractivity contribution in [3.63, 3.8) is 0 Å². The van der Waals surface area contributed by atoms with Gasteiger partial charge in [0.05, 0.1) is 10.5 Å². The molecule has 0 bridgehead atoms. The lowest BCUT2D eigenvalue weighted by Crippen LogP contribution is -2.06. The maximum Gasteiger partial charge on any atom is 0.160 e. The van der Waals surface area contributed by atoms with Crippen LogP contribution in [-0.4, -0.2) is 14.6 Å². The first-order chi connectivity index (χ1) is 9.13. The van der Waals surface area contributed by atoms with Gasteiger partial charge in [-0.3, -0.25) is 0 Å². The molecule has 3 aromatic heterocycles. The Balaban J connectivity index is 1.92. The van der Waals surface area contributed by atoms with E-state index in [1.807, 2.05) is 36.7 Å². The van der Waals surface area contributed by atoms with Crippen molar-refractivity contribution in [2.75, 3.05) is 5.32 Å². The fourth-order valence-electron chi connectivity index (χ4n) is 1.95. The van der Waals surface area contributed by atoms with Gasteiger partial charge in [-0.1, -0.05) is 11.6 Å². The van der Waals surface area contributed by atoms with Gasteiger partial charge in [0.1, 0.15) is 5.82 Å². The summed E-state index contributed by atoms with van der Waals surface area (Å²) >= 11 is 7.47. The van der Waals surface area contributed by atoms with Crippen molar-refractivity contribution >= 4 is 34.4 Å². The quantitative estimate of drug-likeness (QED) is 0.801. The first-order valence-corrected chi connectivity index (χ1v) is 7.18. The van der Waals surface area contributed by atoms with E-state index >= 15 is 0 Å². The predicted molar refractivity (Wildman–Crippen MR) is 79.1 cm³/mol. The molecule has 1 N–H and O–H groups in total. The molecule has 6 heteroatoms. The molecule has 0 amide bonds. The highest BCUT2D eigenvalue weighted by atomic mass is 35.5. The third-order valence-corrected chi connectivity index (χ3v) is 4.01. The van der Waals surface area contributed by atoms with Crippen LogP contribution in [-0.2, 0) is 6.54 Å². The number of rotatable bonds is 3. The molecule has 3 rings (SSSR count). The molecule has 0 aromatic carbocycles. The Kier molecular flexibility index (Phi) is 3.16. The van der Waals surface area contributed by atoms with Crippen LogP contribution in [0.5, 0.6) is 0 Å². The molecule has 3 aromatic rings. The van der Waals surface area contributed by atoms with Crippen molar-refractivity contribution in [3.05, 3.63) is 44.9 Å². The minimum absolute atomic E-state index is 0.723. The topological polar surface area (TPSA) is 42.2 Å². The summed E-state index contributed by atoms with van der Waals surface area (Å²) in [6, 6.07) is 3.96. The molecule has 0 aliphatic heterocycles. The van der Waals surface area contributed by atoms with E-state index in [4.69, 9.17) is 11.6 Å². The van der Waals surface area contributed by atoms with Gasteiger partial charge < -0.3 is 5.32 Å². The second-order valence-electron chi connectivity index (χ2n) is 4.46. The summed E-state index contributed by atoms with van der Waals surface area (Å²) in [5, 5.41) is 9.78. The molecule has 0 radical (unpaired) electrons. The van der Waals surface area contributed by atoms with Gasteiger partial charge in [-0.2, -0.15) is 9.61 Å². The van der Waals surface area contributed by atoms with Crippen LogP contribution >= 0.6 is 22.9 Å². The third-order valence-electron chi connectivity index (χ3n) is 2.87. The van der Waals surface area contributed by atoms with Crippen molar-refractivity contribution in [2.24, 2.45) is 0 Å². The van der Waals surface area contributed by atoms with Gasteiger partial charge in [0.2, 0.25) is 0 Å². The second-order valence-corrected chi connectivity index (χ2v) is 6.00. The molecule has 0 aliphatic carbocycles. The van der Waals surface area contributed by atoms with Crippen LogP contribution in [0.25, 0.3) is 5.65 Å². The normalized spacial score (nSPS) is 11.1. The highest BCUT2D eigenvalue weighted by Crippen LogP contribution is 2.21. The maximum absolute atomic E-state index is 5.93. The molecule has 0 unspecified atom stereocenters. The molecule has 0 fully saturated rings. The van der Waals surface area contributed by atoms with E-state index in [0.717, 1.165) is 33.6 Å². The monoisotopic (exact) mass is 292 g/mol. The molecule has 0 atom stereocenters. The number of thiophene rings is 1. The number of aryl methyl sites for hydroxylation is 2. The number of fused-ring (bicyclic) bond motifs is 1. The molecular weight excluding hydrogens is 280 g/mol. The number of hydrogen-bond acceptors (Lipinski definition) is 4. The van der Waals surface area contributed by atoms with E-state index < -0.39 is 0 Å². The lowest BCUT2D eigenvalue weighted by atomic mass is 10.3. The molecular formula is C13H13ClN4S. The third kappa shape index (κ3) is 2.43. The van der Waals surface area contributed by atoms with E-state index in [-0.39, 0.29) is 0 Å². The van der Waals surface area contributed by atoms with Crippen molar-refractivity contribution < 1.29 is 0 Å². The van der Waals surface area contributed by atoms with Gasteiger partial charge >= 0.3 is 0 Å². The van der Waals surface area contributed by atoms with Gasteiger partial charge in [0.15, 0.2) is 5.65 Å². The number of hydrogen-bond donors (Lipinski definition) is 1. The largest absolute Gasteiger partial charge is 0.366 e. The van der Waals surface area contributed by atoms with Crippen LogP contribution < -0.4 is 5.32 Å². The van der Waals surface area contributed by atoms with Crippen LogP contribution in [0.1, 0.15) is 16.8 Å². The SMILES string of the molecule is Cc1cc(NCc2csc(Cl)c2)n2ncc(C)c2n1. The van der Waals surface area contributed by atoms with Gasteiger partial charge in [-0.05, 0) is 30.9 Å². The Hall–Kier alpha value is -1.59. The number of nitrogens with one attached hydrogen (secondary N) is 1. The fourth-order valence-corrected chi connectivity index (χ4v) is 2.86. The van der Waals surface area contributed by atoms with Gasteiger partial charge in [-0.25, -0.2) is 4.98 Å². The molecule has 98 valence electrons. The summed E-state index contributed by atoms with van der Waals surface area (Å²) in [6.07, 6.45) is 1.83. The highest BCUT2D eigenvalue weighted by Gasteiger charge is 2.07. The Morgan fingerprint density at radius 2 is 2.21 bits per heavy atom. The van der Waals surface area contributed by atoms with Crippen LogP contribution in [0.15, 0.2) is 23.7 Å². The number of nitrogens with zero attached hydrogens (tertiary/aromatic N) is 3. The zero-order valence-electron chi connectivity index (χ0n) is 10.6. The minimum Gasteiger partial charge on any atom is -0.366 e. The Morgan fingerprint density at radius 1 is 1.37 bits per heavy atom. The average Bonchev–Trinajstić information content (AvgIpc) is 2.94. The number of aromatic nitrogens is 3. The van der Waals surface area contributed by atoms with Crippen molar-refractivity contribution in [2.45, 2.75) is 20.4 Å². The van der Waals surface area contributed by atoms with Gasteiger partial charge in [0, 0.05) is 23.9 Å². The molecule has 3 heterocycles. The van der Waals surface area contributed by atoms with E-state index in [1.165, 1.54) is 5.56 Å². The molecule has 4 nitrogen and oxygen atoms in total. The average molecular weight is 293 g/mol. The van der Waals surface area contributed by atoms with Gasteiger partial charge in [-0.15, -0.1) is 11.3 Å². The van der Waals surface area contributed by atoms with Crippen LogP contribution in [0.3, 0.4) is 0 Å². The Labute approximate surface area is 120 Å². The summed E-state index contributed by atoms with van der Waals surface area (Å²) in [5.41, 5.74) is 4.11. The second kappa shape index (κ2) is 4.83. The van der Waals surface area contributed by atoms with E-state index in [0.29, 0.717) is 0 Å². The first-order valence-electron chi connectivity index (χ1n) is 5.92. The number of anilines is 1. The van der Waals surface area contributed by atoms with E-state index in [2.05, 4.69) is 20.8 Å². The van der Waals surface area contributed by atoms with Crippen LogP contribution in [0, 0.1) is 13.8 Å². The molecule has 19 heavy (non-hydrogen) atoms. The van der Waals surface area contributed by atoms with Gasteiger partial charge in [0.25, 0.3) is 0 Å². The first kappa shape index (κ1) is 12.4. The zero-order chi connectivity index (χ0) is 13.4. The molecule has 0 aliphatic rings. The summed E-state index contributed by atoms with van der Waals surface area (Å²) in [7, 11) is 0. The predicted octanol–water partition coefficient (Wildman–Crippen LogP) is 3.67. The van der Waals surface area contributed by atoms with Crippen LogP contribution in [0.2, 0.25) is 4.34 Å². The standard InChI is InChI=1S/C13H13ClN4S/c1-8-5-16-18-12(3-9(2)17-13(8)18)15-6-10-4-11(14)19-7-10/h3-5,7,15H,6H2,1-2H3. The van der Waals surface area contributed by atoms with E-state index in [9.17, 15) is 0 Å². The lowest BCUT2D eigenvalue weighted by molar-refractivity contribution is 0.917. The smallest absolute Gasteiger partial charge is 0.160 e. The molecule has 0 saturated heterocycles. The Morgan fingerprint density at radius 3 is 2.95 bits per heavy atom. The fraction of sp³-hybridized carbons (Fsp3) is 0.231. The number of halogens is 1. The summed E-state index contributed by atoms with van der Waals surface area (Å²) in [4.78, 5) is 4.50. The maximum atomic E-state index is 5.93. The van der Waals surface area contributed by atoms with Crippen molar-refractivity contribution in [3.8, 4) is 0 Å². The van der Waals surface area contributed by atoms with E-state index in [1.54, 1.807) is 11.3 Å².